The zero-order valence-electron chi connectivity index (χ0n) is 10.9. The molecule has 2 aromatic heterocycles. The molecule has 0 aliphatic rings. The van der Waals surface area contributed by atoms with E-state index in [-0.39, 0.29) is 0 Å². The zero-order valence-corrected chi connectivity index (χ0v) is 10.9. The Balaban J connectivity index is 2.00. The first kappa shape index (κ1) is 12.1. The van der Waals surface area contributed by atoms with E-state index in [9.17, 15) is 0 Å². The van der Waals surface area contributed by atoms with Gasteiger partial charge >= 0.3 is 0 Å². The van der Waals surface area contributed by atoms with Crippen LogP contribution in [0.5, 0.6) is 0 Å². The average Bonchev–Trinajstić information content (AvgIpc) is 2.73. The normalized spacial score (nSPS) is 12.2. The molecule has 0 fully saturated rings. The second kappa shape index (κ2) is 4.88. The third-order valence-electron chi connectivity index (χ3n) is 3.38. The molecule has 0 aliphatic heterocycles. The summed E-state index contributed by atoms with van der Waals surface area (Å²) in [5, 5.41) is 7.85. The Morgan fingerprint density at radius 1 is 1.35 bits per heavy atom. The largest absolute Gasteiger partial charge is 0.312 e. The van der Waals surface area contributed by atoms with Gasteiger partial charge in [-0.15, -0.1) is 0 Å². The van der Waals surface area contributed by atoms with E-state index < -0.39 is 0 Å². The molecule has 1 N–H and O–H groups in total. The van der Waals surface area contributed by atoms with Gasteiger partial charge in [-0.1, -0.05) is 26.8 Å². The summed E-state index contributed by atoms with van der Waals surface area (Å²) >= 11 is 0. The SMILES string of the molecule is CCC(C)(C)CNCc1cnn2ccccc12. The highest BCUT2D eigenvalue weighted by Crippen LogP contribution is 2.18. The monoisotopic (exact) mass is 231 g/mol. The number of nitrogens with one attached hydrogen (secondary N) is 1. The van der Waals surface area contributed by atoms with Gasteiger partial charge in [-0.25, -0.2) is 4.52 Å². The van der Waals surface area contributed by atoms with Crippen molar-refractivity contribution in [2.24, 2.45) is 5.41 Å². The van der Waals surface area contributed by atoms with E-state index in [1.807, 2.05) is 23.0 Å². The van der Waals surface area contributed by atoms with Crippen LogP contribution in [0.25, 0.3) is 5.52 Å². The first-order valence-corrected chi connectivity index (χ1v) is 6.24. The Morgan fingerprint density at radius 2 is 2.18 bits per heavy atom. The van der Waals surface area contributed by atoms with E-state index in [4.69, 9.17) is 0 Å². The third-order valence-corrected chi connectivity index (χ3v) is 3.38. The van der Waals surface area contributed by atoms with Crippen LogP contribution in [0.3, 0.4) is 0 Å². The minimum absolute atomic E-state index is 0.364. The second-order valence-electron chi connectivity index (χ2n) is 5.32. The molecule has 2 rings (SSSR count). The Labute approximate surface area is 103 Å². The smallest absolute Gasteiger partial charge is 0.0706 e. The number of hydrogen-bond donors (Lipinski definition) is 1. The lowest BCUT2D eigenvalue weighted by Gasteiger charge is -2.22. The highest BCUT2D eigenvalue weighted by Gasteiger charge is 2.14. The van der Waals surface area contributed by atoms with E-state index in [2.05, 4.69) is 43.3 Å². The average molecular weight is 231 g/mol. The van der Waals surface area contributed by atoms with Crippen LogP contribution in [0.4, 0.5) is 0 Å². The molecule has 0 unspecified atom stereocenters. The van der Waals surface area contributed by atoms with Gasteiger partial charge in [-0.2, -0.15) is 5.10 Å². The maximum Gasteiger partial charge on any atom is 0.0706 e. The molecule has 0 bridgehead atoms. The fourth-order valence-electron chi connectivity index (χ4n) is 1.78. The van der Waals surface area contributed by atoms with E-state index in [1.54, 1.807) is 0 Å². The number of hydrogen-bond acceptors (Lipinski definition) is 2. The molecular formula is C14H21N3. The molecule has 2 heterocycles. The Hall–Kier alpha value is -1.35. The molecule has 3 nitrogen and oxygen atoms in total. The van der Waals surface area contributed by atoms with E-state index >= 15 is 0 Å². The van der Waals surface area contributed by atoms with Crippen LogP contribution < -0.4 is 5.32 Å². The zero-order chi connectivity index (χ0) is 12.3. The van der Waals surface area contributed by atoms with E-state index in [1.165, 1.54) is 17.5 Å². The maximum absolute atomic E-state index is 4.33. The molecule has 0 aliphatic carbocycles. The van der Waals surface area contributed by atoms with Gasteiger partial charge in [0.1, 0.15) is 0 Å². The van der Waals surface area contributed by atoms with Crippen LogP contribution in [-0.4, -0.2) is 16.2 Å². The van der Waals surface area contributed by atoms with Crippen LogP contribution in [0.15, 0.2) is 30.6 Å². The summed E-state index contributed by atoms with van der Waals surface area (Å²) in [7, 11) is 0. The molecule has 3 heteroatoms. The topological polar surface area (TPSA) is 29.3 Å². The van der Waals surface area contributed by atoms with E-state index in [0.717, 1.165) is 13.1 Å². The Morgan fingerprint density at radius 3 is 2.94 bits per heavy atom. The molecular weight excluding hydrogens is 210 g/mol. The van der Waals surface area contributed by atoms with Crippen molar-refractivity contribution in [3.05, 3.63) is 36.2 Å². The van der Waals surface area contributed by atoms with Crippen LogP contribution in [-0.2, 0) is 6.54 Å². The summed E-state index contributed by atoms with van der Waals surface area (Å²) in [6.07, 6.45) is 5.12. The summed E-state index contributed by atoms with van der Waals surface area (Å²) in [6.45, 7) is 8.73. The Bertz CT molecular complexity index is 485. The highest BCUT2D eigenvalue weighted by molar-refractivity contribution is 5.53. The fraction of sp³-hybridized carbons (Fsp3) is 0.500. The van der Waals surface area contributed by atoms with E-state index in [0.29, 0.717) is 5.41 Å². The second-order valence-corrected chi connectivity index (χ2v) is 5.32. The number of rotatable bonds is 5. The van der Waals surface area contributed by atoms with Crippen LogP contribution in [0.1, 0.15) is 32.8 Å². The molecule has 0 amide bonds. The summed E-state index contributed by atoms with van der Waals surface area (Å²) in [5.41, 5.74) is 2.81. The van der Waals surface area contributed by atoms with Crippen molar-refractivity contribution in [1.29, 1.82) is 0 Å². The predicted molar refractivity (Wildman–Crippen MR) is 71.0 cm³/mol. The van der Waals surface area contributed by atoms with Crippen molar-refractivity contribution in [3.63, 3.8) is 0 Å². The molecule has 0 spiro atoms. The number of aromatic nitrogens is 2. The molecule has 0 saturated carbocycles. The molecule has 17 heavy (non-hydrogen) atoms. The molecule has 2 aromatic rings. The minimum atomic E-state index is 0.364. The van der Waals surface area contributed by atoms with Crippen molar-refractivity contribution in [2.45, 2.75) is 33.7 Å². The van der Waals surface area contributed by atoms with Gasteiger partial charge in [-0.3, -0.25) is 0 Å². The number of nitrogens with zero attached hydrogens (tertiary/aromatic N) is 2. The van der Waals surface area contributed by atoms with Crippen molar-refractivity contribution >= 4 is 5.52 Å². The Kier molecular flexibility index (Phi) is 3.48. The van der Waals surface area contributed by atoms with Gasteiger partial charge in [0.25, 0.3) is 0 Å². The van der Waals surface area contributed by atoms with Gasteiger partial charge in [0.15, 0.2) is 0 Å². The van der Waals surface area contributed by atoms with Gasteiger partial charge in [0.05, 0.1) is 11.7 Å². The molecule has 0 atom stereocenters. The lowest BCUT2D eigenvalue weighted by molar-refractivity contribution is 0.328. The van der Waals surface area contributed by atoms with Gasteiger partial charge in [0.2, 0.25) is 0 Å². The van der Waals surface area contributed by atoms with Crippen molar-refractivity contribution in [2.75, 3.05) is 6.54 Å². The summed E-state index contributed by atoms with van der Waals surface area (Å²) < 4.78 is 1.92. The predicted octanol–water partition coefficient (Wildman–Crippen LogP) is 2.86. The number of pyridine rings is 1. The van der Waals surface area contributed by atoms with Crippen molar-refractivity contribution in [3.8, 4) is 0 Å². The number of fused-ring (bicyclic) bond motifs is 1. The summed E-state index contributed by atoms with van der Waals surface area (Å²) in [6, 6.07) is 6.16. The maximum atomic E-state index is 4.33. The molecule has 0 radical (unpaired) electrons. The highest BCUT2D eigenvalue weighted by atomic mass is 15.2. The summed E-state index contributed by atoms with van der Waals surface area (Å²) in [4.78, 5) is 0. The first-order chi connectivity index (χ1) is 8.12. The van der Waals surface area contributed by atoms with Gasteiger partial charge in [0, 0.05) is 24.8 Å². The minimum Gasteiger partial charge on any atom is -0.312 e. The van der Waals surface area contributed by atoms with Crippen molar-refractivity contribution in [1.82, 2.24) is 14.9 Å². The fourth-order valence-corrected chi connectivity index (χ4v) is 1.78. The van der Waals surface area contributed by atoms with Gasteiger partial charge in [-0.05, 0) is 24.0 Å². The lowest BCUT2D eigenvalue weighted by Crippen LogP contribution is -2.28. The molecule has 0 aromatic carbocycles. The molecule has 0 saturated heterocycles. The van der Waals surface area contributed by atoms with Crippen LogP contribution >= 0.6 is 0 Å². The third kappa shape index (κ3) is 2.86. The molecule has 92 valence electrons. The lowest BCUT2D eigenvalue weighted by atomic mass is 9.90. The van der Waals surface area contributed by atoms with Gasteiger partial charge < -0.3 is 5.32 Å². The van der Waals surface area contributed by atoms with Crippen LogP contribution in [0, 0.1) is 5.41 Å². The standard InChI is InChI=1S/C14H21N3/c1-4-14(2,3)11-15-9-12-10-16-17-8-6-5-7-13(12)17/h5-8,10,15H,4,9,11H2,1-3H3. The van der Waals surface area contributed by atoms with Crippen molar-refractivity contribution < 1.29 is 0 Å². The summed E-state index contributed by atoms with van der Waals surface area (Å²) in [5.74, 6) is 0. The van der Waals surface area contributed by atoms with Crippen LogP contribution in [0.2, 0.25) is 0 Å². The first-order valence-electron chi connectivity index (χ1n) is 6.24. The quantitative estimate of drug-likeness (QED) is 0.857.